The van der Waals surface area contributed by atoms with Crippen molar-refractivity contribution >= 4 is 17.5 Å². The van der Waals surface area contributed by atoms with E-state index < -0.39 is 0 Å². The molecule has 1 N–H and O–H groups in total. The first kappa shape index (κ1) is 29.3. The molecule has 4 aromatic rings. The fraction of sp³-hybridized carbons (Fsp3) is 0.242. The molecule has 0 radical (unpaired) electrons. The summed E-state index contributed by atoms with van der Waals surface area (Å²) in [5, 5.41) is 2.82. The molecule has 2 amide bonds. The van der Waals surface area contributed by atoms with E-state index in [1.54, 1.807) is 47.6 Å². The van der Waals surface area contributed by atoms with E-state index in [1.807, 2.05) is 56.3 Å². The maximum atomic E-state index is 12.7. The lowest BCUT2D eigenvalue weighted by Crippen LogP contribution is -2.37. The molecule has 5 rings (SSSR count). The third-order valence-corrected chi connectivity index (χ3v) is 6.30. The number of hydrogen-bond acceptors (Lipinski definition) is 6. The number of ether oxygens (including phenoxy) is 2. The highest BCUT2D eigenvalue weighted by atomic mass is 16.5. The molecular weight excluding hydrogens is 516 g/mol. The van der Waals surface area contributed by atoms with Crippen molar-refractivity contribution in [1.29, 1.82) is 0 Å². The highest BCUT2D eigenvalue weighted by molar-refractivity contribution is 6.07. The molecule has 0 bridgehead atoms. The third kappa shape index (κ3) is 8.16. The van der Waals surface area contributed by atoms with E-state index in [2.05, 4.69) is 41.4 Å². The molecule has 0 saturated carbocycles. The maximum Gasteiger partial charge on any atom is 0.258 e. The second kappa shape index (κ2) is 14.1. The van der Waals surface area contributed by atoms with Crippen molar-refractivity contribution in [2.45, 2.75) is 26.4 Å². The smallest absolute Gasteiger partial charge is 0.258 e. The fourth-order valence-corrected chi connectivity index (χ4v) is 4.30. The molecule has 0 aliphatic carbocycles. The molecular formula is C33H36N4O4. The summed E-state index contributed by atoms with van der Waals surface area (Å²) in [6, 6.07) is 26.6. The first-order valence-corrected chi connectivity index (χ1v) is 13.6. The van der Waals surface area contributed by atoms with Crippen LogP contribution in [0.2, 0.25) is 0 Å². The number of benzene rings is 3. The number of carbonyl (C=O) groups excluding carboxylic acids is 2. The van der Waals surface area contributed by atoms with E-state index in [0.29, 0.717) is 35.7 Å². The second-order valence-corrected chi connectivity index (χ2v) is 10.1. The Balaban J connectivity index is 0.000000201. The van der Waals surface area contributed by atoms with Crippen LogP contribution < -0.4 is 14.8 Å². The van der Waals surface area contributed by atoms with Gasteiger partial charge >= 0.3 is 0 Å². The molecule has 0 atom stereocenters. The van der Waals surface area contributed by atoms with Gasteiger partial charge in [0.15, 0.2) is 5.75 Å². The van der Waals surface area contributed by atoms with E-state index >= 15 is 0 Å². The quantitative estimate of drug-likeness (QED) is 0.298. The zero-order valence-corrected chi connectivity index (χ0v) is 23.9. The second-order valence-electron chi connectivity index (χ2n) is 10.1. The topological polar surface area (TPSA) is 84.0 Å². The summed E-state index contributed by atoms with van der Waals surface area (Å²) < 4.78 is 11.5. The van der Waals surface area contributed by atoms with Crippen LogP contribution in [-0.2, 0) is 6.54 Å². The lowest BCUT2D eigenvalue weighted by molar-refractivity contribution is 0.0704. The number of hydrogen-bond donors (Lipinski definition) is 1. The van der Waals surface area contributed by atoms with Crippen molar-refractivity contribution < 1.29 is 19.1 Å². The van der Waals surface area contributed by atoms with Crippen LogP contribution in [0.3, 0.4) is 0 Å². The van der Waals surface area contributed by atoms with Crippen LogP contribution in [0, 0.1) is 0 Å². The van der Waals surface area contributed by atoms with Crippen molar-refractivity contribution in [3.05, 3.63) is 114 Å². The van der Waals surface area contributed by atoms with Gasteiger partial charge in [0.25, 0.3) is 11.8 Å². The SMILES string of the molecule is CC(C)N1CCOc2c(NC(=O)c3ccncc3)cccc2C1=O.CN(C)Cc1ccc(Oc2ccccc2)cc1. The van der Waals surface area contributed by atoms with Gasteiger partial charge in [-0.05, 0) is 82.0 Å². The van der Waals surface area contributed by atoms with Crippen LogP contribution in [0.4, 0.5) is 5.69 Å². The lowest BCUT2D eigenvalue weighted by Gasteiger charge is -2.24. The molecule has 0 fully saturated rings. The van der Waals surface area contributed by atoms with Gasteiger partial charge in [-0.15, -0.1) is 0 Å². The third-order valence-electron chi connectivity index (χ3n) is 6.30. The molecule has 3 aromatic carbocycles. The minimum atomic E-state index is -0.271. The van der Waals surface area contributed by atoms with E-state index in [9.17, 15) is 9.59 Å². The highest BCUT2D eigenvalue weighted by Crippen LogP contribution is 2.32. The molecule has 0 spiro atoms. The monoisotopic (exact) mass is 552 g/mol. The molecule has 8 nitrogen and oxygen atoms in total. The number of para-hydroxylation sites is 2. The zero-order chi connectivity index (χ0) is 29.2. The maximum absolute atomic E-state index is 12.7. The average molecular weight is 553 g/mol. The van der Waals surface area contributed by atoms with Gasteiger partial charge in [0, 0.05) is 30.5 Å². The van der Waals surface area contributed by atoms with Crippen LogP contribution in [0.25, 0.3) is 0 Å². The Kier molecular flexibility index (Phi) is 10.1. The van der Waals surface area contributed by atoms with Gasteiger partial charge < -0.3 is 24.6 Å². The van der Waals surface area contributed by atoms with E-state index in [4.69, 9.17) is 9.47 Å². The van der Waals surface area contributed by atoms with Crippen molar-refractivity contribution in [3.63, 3.8) is 0 Å². The molecule has 1 aliphatic rings. The predicted molar refractivity (Wildman–Crippen MR) is 161 cm³/mol. The van der Waals surface area contributed by atoms with Crippen molar-refractivity contribution in [3.8, 4) is 17.2 Å². The van der Waals surface area contributed by atoms with Gasteiger partial charge in [0.1, 0.15) is 18.1 Å². The van der Waals surface area contributed by atoms with Crippen molar-refractivity contribution in [1.82, 2.24) is 14.8 Å². The van der Waals surface area contributed by atoms with Crippen LogP contribution >= 0.6 is 0 Å². The number of anilines is 1. The molecule has 8 heteroatoms. The number of nitrogens with zero attached hydrogens (tertiary/aromatic N) is 3. The van der Waals surface area contributed by atoms with E-state index in [0.717, 1.165) is 18.0 Å². The van der Waals surface area contributed by atoms with Gasteiger partial charge in [0.05, 0.1) is 17.8 Å². The summed E-state index contributed by atoms with van der Waals surface area (Å²) in [7, 11) is 4.13. The summed E-state index contributed by atoms with van der Waals surface area (Å²) in [6.45, 7) is 5.80. The molecule has 0 saturated heterocycles. The number of rotatable bonds is 7. The predicted octanol–water partition coefficient (Wildman–Crippen LogP) is 6.12. The first-order chi connectivity index (χ1) is 19.8. The zero-order valence-electron chi connectivity index (χ0n) is 23.9. The number of pyridine rings is 1. The Morgan fingerprint density at radius 3 is 2.29 bits per heavy atom. The number of amides is 2. The Labute approximate surface area is 241 Å². The molecule has 1 aromatic heterocycles. The minimum absolute atomic E-state index is 0.0853. The van der Waals surface area contributed by atoms with Crippen LogP contribution in [0.1, 0.15) is 40.1 Å². The number of nitrogens with one attached hydrogen (secondary N) is 1. The summed E-state index contributed by atoms with van der Waals surface area (Å²) in [5.74, 6) is 1.81. The summed E-state index contributed by atoms with van der Waals surface area (Å²) in [4.78, 5) is 32.9. The summed E-state index contributed by atoms with van der Waals surface area (Å²) in [5.41, 5.74) is 2.74. The van der Waals surface area contributed by atoms with Crippen LogP contribution in [-0.4, -0.2) is 59.9 Å². The number of fused-ring (bicyclic) bond motifs is 1. The van der Waals surface area contributed by atoms with Gasteiger partial charge in [-0.1, -0.05) is 36.4 Å². The number of aromatic nitrogens is 1. The normalized spacial score (nSPS) is 12.5. The fourth-order valence-electron chi connectivity index (χ4n) is 4.30. The molecule has 0 unspecified atom stereocenters. The first-order valence-electron chi connectivity index (χ1n) is 13.6. The van der Waals surface area contributed by atoms with E-state index in [1.165, 1.54) is 5.56 Å². The lowest BCUT2D eigenvalue weighted by atomic mass is 10.1. The average Bonchev–Trinajstić information content (AvgIpc) is 3.14. The Morgan fingerprint density at radius 2 is 1.63 bits per heavy atom. The van der Waals surface area contributed by atoms with Gasteiger partial charge in [-0.2, -0.15) is 0 Å². The molecule has 1 aliphatic heterocycles. The van der Waals surface area contributed by atoms with Crippen molar-refractivity contribution in [2.24, 2.45) is 0 Å². The summed E-state index contributed by atoms with van der Waals surface area (Å²) >= 11 is 0. The Morgan fingerprint density at radius 1 is 0.951 bits per heavy atom. The molecule has 41 heavy (non-hydrogen) atoms. The van der Waals surface area contributed by atoms with E-state index in [-0.39, 0.29) is 17.9 Å². The van der Waals surface area contributed by atoms with Crippen LogP contribution in [0.15, 0.2) is 97.3 Å². The minimum Gasteiger partial charge on any atom is -0.489 e. The standard InChI is InChI=1S/C18H19N3O3.C15H17NO/c1-12(2)21-10-11-24-16-14(18(21)23)4-3-5-15(16)20-17(22)13-6-8-19-9-7-13;1-16(2)12-13-8-10-15(11-9-13)17-14-6-4-3-5-7-14/h3-9,12H,10-11H2,1-2H3,(H,20,22);3-11H,12H2,1-2H3. The molecule has 2 heterocycles. The Hall–Kier alpha value is -4.69. The number of carbonyl (C=O) groups is 2. The van der Waals surface area contributed by atoms with Gasteiger partial charge in [0.2, 0.25) is 0 Å². The van der Waals surface area contributed by atoms with Crippen molar-refractivity contribution in [2.75, 3.05) is 32.6 Å². The molecule has 212 valence electrons. The Bertz CT molecular complexity index is 1430. The highest BCUT2D eigenvalue weighted by Gasteiger charge is 2.27. The largest absolute Gasteiger partial charge is 0.489 e. The van der Waals surface area contributed by atoms with Gasteiger partial charge in [-0.25, -0.2) is 0 Å². The summed E-state index contributed by atoms with van der Waals surface area (Å²) in [6.07, 6.45) is 3.11. The van der Waals surface area contributed by atoms with Crippen LogP contribution in [0.5, 0.6) is 17.2 Å². The van der Waals surface area contributed by atoms with Gasteiger partial charge in [-0.3, -0.25) is 14.6 Å².